The van der Waals surface area contributed by atoms with Crippen LogP contribution in [0.5, 0.6) is 0 Å². The summed E-state index contributed by atoms with van der Waals surface area (Å²) < 4.78 is 0. The molecule has 88 valence electrons. The van der Waals surface area contributed by atoms with E-state index in [0.29, 0.717) is 11.3 Å². The van der Waals surface area contributed by atoms with E-state index in [1.807, 2.05) is 6.07 Å². The van der Waals surface area contributed by atoms with Crippen LogP contribution in [0.25, 0.3) is 0 Å². The molecule has 0 amide bonds. The predicted molar refractivity (Wildman–Crippen MR) is 66.0 cm³/mol. The lowest BCUT2D eigenvalue weighted by Crippen LogP contribution is -2.45. The Kier molecular flexibility index (Phi) is 3.61. The Bertz CT molecular complexity index is 358. The molecule has 0 N–H and O–H groups in total. The summed E-state index contributed by atoms with van der Waals surface area (Å²) in [6.07, 6.45) is 4.15. The average Bonchev–Trinajstić information content (AvgIpc) is 2.28. The second-order valence-electron chi connectivity index (χ2n) is 4.35. The highest BCUT2D eigenvalue weighted by Gasteiger charge is 2.21. The van der Waals surface area contributed by atoms with E-state index in [4.69, 9.17) is 11.6 Å². The summed E-state index contributed by atoms with van der Waals surface area (Å²) in [6.45, 7) is 2.27. The molecule has 2 rings (SSSR count). The van der Waals surface area contributed by atoms with Crippen molar-refractivity contribution in [1.29, 1.82) is 0 Å². The minimum atomic E-state index is 0.313. The van der Waals surface area contributed by atoms with Crippen molar-refractivity contribution in [3.8, 4) is 0 Å². The maximum absolute atomic E-state index is 5.80. The van der Waals surface area contributed by atoms with Gasteiger partial charge in [-0.2, -0.15) is 0 Å². The number of aromatic nitrogens is 2. The van der Waals surface area contributed by atoms with Gasteiger partial charge in [-0.15, -0.1) is 0 Å². The second-order valence-corrected chi connectivity index (χ2v) is 4.69. The normalized spacial score (nSPS) is 22.1. The van der Waals surface area contributed by atoms with Gasteiger partial charge >= 0.3 is 0 Å². The highest BCUT2D eigenvalue weighted by atomic mass is 35.5. The number of hydrogen-bond donors (Lipinski definition) is 0. The molecule has 0 aromatic carbocycles. The van der Waals surface area contributed by atoms with Gasteiger partial charge in [0.25, 0.3) is 0 Å². The topological polar surface area (TPSA) is 32.3 Å². The molecule has 0 radical (unpaired) electrons. The van der Waals surface area contributed by atoms with Crippen LogP contribution in [0.4, 0.5) is 5.82 Å². The van der Waals surface area contributed by atoms with Crippen LogP contribution >= 0.6 is 11.6 Å². The van der Waals surface area contributed by atoms with Crippen molar-refractivity contribution in [3.05, 3.63) is 17.5 Å². The molecule has 1 unspecified atom stereocenters. The molecule has 1 aromatic rings. The molecule has 1 saturated heterocycles. The number of piperidine rings is 1. The molecule has 5 heteroatoms. The van der Waals surface area contributed by atoms with Crippen molar-refractivity contribution in [2.45, 2.75) is 18.9 Å². The smallest absolute Gasteiger partial charge is 0.224 e. The van der Waals surface area contributed by atoms with Crippen molar-refractivity contribution in [2.75, 3.05) is 32.1 Å². The van der Waals surface area contributed by atoms with Crippen LogP contribution in [-0.4, -0.2) is 48.1 Å². The minimum absolute atomic E-state index is 0.313. The van der Waals surface area contributed by atoms with Gasteiger partial charge in [-0.3, -0.25) is 0 Å². The van der Waals surface area contributed by atoms with Crippen molar-refractivity contribution >= 4 is 17.4 Å². The first kappa shape index (κ1) is 11.6. The third-order valence-corrected chi connectivity index (χ3v) is 3.30. The molecular formula is C11H17ClN4. The molecule has 4 nitrogen and oxygen atoms in total. The van der Waals surface area contributed by atoms with E-state index < -0.39 is 0 Å². The number of halogens is 1. The summed E-state index contributed by atoms with van der Waals surface area (Å²) in [4.78, 5) is 12.7. The van der Waals surface area contributed by atoms with E-state index in [0.717, 1.165) is 12.4 Å². The maximum atomic E-state index is 5.80. The molecule has 1 aliphatic heterocycles. The van der Waals surface area contributed by atoms with Gasteiger partial charge in [0.2, 0.25) is 5.28 Å². The lowest BCUT2D eigenvalue weighted by atomic mass is 10.1. The molecule has 1 atom stereocenters. The molecule has 1 aromatic heterocycles. The Hall–Kier alpha value is -0.870. The van der Waals surface area contributed by atoms with Crippen molar-refractivity contribution in [1.82, 2.24) is 14.9 Å². The molecular weight excluding hydrogens is 224 g/mol. The van der Waals surface area contributed by atoms with E-state index in [1.165, 1.54) is 19.4 Å². The number of likely N-dealkylation sites (N-methyl/N-ethyl adjacent to an activating group) is 2. The maximum Gasteiger partial charge on any atom is 0.224 e. The summed E-state index contributed by atoms with van der Waals surface area (Å²) in [5, 5.41) is 0.313. The predicted octanol–water partition coefficient (Wildman–Crippen LogP) is 1.66. The lowest BCUT2D eigenvalue weighted by Gasteiger charge is -2.36. The van der Waals surface area contributed by atoms with Gasteiger partial charge in [-0.25, -0.2) is 9.97 Å². The zero-order valence-electron chi connectivity index (χ0n) is 9.73. The van der Waals surface area contributed by atoms with Gasteiger partial charge in [0.1, 0.15) is 5.82 Å². The zero-order chi connectivity index (χ0) is 11.5. The molecule has 1 aliphatic rings. The van der Waals surface area contributed by atoms with Crippen LogP contribution in [0, 0.1) is 0 Å². The summed E-state index contributed by atoms with van der Waals surface area (Å²) in [6, 6.07) is 2.42. The quantitative estimate of drug-likeness (QED) is 0.736. The SMILES string of the molecule is CN1CCCC(N(C)c2ccnc(Cl)n2)C1. The van der Waals surface area contributed by atoms with Crippen LogP contribution in [0.1, 0.15) is 12.8 Å². The van der Waals surface area contributed by atoms with Gasteiger partial charge in [-0.05, 0) is 44.1 Å². The van der Waals surface area contributed by atoms with Crippen LogP contribution in [-0.2, 0) is 0 Å². The second kappa shape index (κ2) is 4.97. The standard InChI is InChI=1S/C11H17ClN4/c1-15-7-3-4-9(8-15)16(2)10-5-6-13-11(12)14-10/h5-6,9H,3-4,7-8H2,1-2H3. The Balaban J connectivity index is 2.09. The van der Waals surface area contributed by atoms with E-state index in [1.54, 1.807) is 6.20 Å². The molecule has 2 heterocycles. The van der Waals surface area contributed by atoms with Crippen LogP contribution in [0.2, 0.25) is 5.28 Å². The average molecular weight is 241 g/mol. The third-order valence-electron chi connectivity index (χ3n) is 3.12. The van der Waals surface area contributed by atoms with Crippen LogP contribution in [0.15, 0.2) is 12.3 Å². The van der Waals surface area contributed by atoms with Gasteiger partial charge in [-0.1, -0.05) is 0 Å². The summed E-state index contributed by atoms with van der Waals surface area (Å²) in [5.74, 6) is 0.903. The van der Waals surface area contributed by atoms with Crippen LogP contribution < -0.4 is 4.90 Å². The Labute approximate surface area is 101 Å². The molecule has 16 heavy (non-hydrogen) atoms. The monoisotopic (exact) mass is 240 g/mol. The molecule has 1 fully saturated rings. The fraction of sp³-hybridized carbons (Fsp3) is 0.636. The highest BCUT2D eigenvalue weighted by Crippen LogP contribution is 2.19. The zero-order valence-corrected chi connectivity index (χ0v) is 10.5. The molecule has 0 bridgehead atoms. The molecule has 0 saturated carbocycles. The number of hydrogen-bond acceptors (Lipinski definition) is 4. The first-order valence-electron chi connectivity index (χ1n) is 5.57. The first-order valence-corrected chi connectivity index (χ1v) is 5.94. The van der Waals surface area contributed by atoms with Gasteiger partial charge in [0.15, 0.2) is 0 Å². The third kappa shape index (κ3) is 2.62. The summed E-state index contributed by atoms with van der Waals surface area (Å²) in [5.41, 5.74) is 0. The van der Waals surface area contributed by atoms with Crippen molar-refractivity contribution in [3.63, 3.8) is 0 Å². The van der Waals surface area contributed by atoms with Gasteiger partial charge < -0.3 is 9.80 Å². The van der Waals surface area contributed by atoms with E-state index in [9.17, 15) is 0 Å². The highest BCUT2D eigenvalue weighted by molar-refractivity contribution is 6.28. The first-order chi connectivity index (χ1) is 7.66. The van der Waals surface area contributed by atoms with Gasteiger partial charge in [0, 0.05) is 25.8 Å². The van der Waals surface area contributed by atoms with Gasteiger partial charge in [0.05, 0.1) is 0 Å². The fourth-order valence-electron chi connectivity index (χ4n) is 2.16. The van der Waals surface area contributed by atoms with E-state index in [2.05, 4.69) is 33.9 Å². The van der Waals surface area contributed by atoms with E-state index in [-0.39, 0.29) is 0 Å². The van der Waals surface area contributed by atoms with Crippen LogP contribution in [0.3, 0.4) is 0 Å². The molecule has 0 aliphatic carbocycles. The van der Waals surface area contributed by atoms with E-state index >= 15 is 0 Å². The summed E-state index contributed by atoms with van der Waals surface area (Å²) in [7, 11) is 4.23. The number of anilines is 1. The lowest BCUT2D eigenvalue weighted by molar-refractivity contribution is 0.247. The molecule has 0 spiro atoms. The Morgan fingerprint density at radius 1 is 1.56 bits per heavy atom. The van der Waals surface area contributed by atoms with Crippen molar-refractivity contribution < 1.29 is 0 Å². The Morgan fingerprint density at radius 3 is 3.06 bits per heavy atom. The van der Waals surface area contributed by atoms with Crippen molar-refractivity contribution in [2.24, 2.45) is 0 Å². The fourth-order valence-corrected chi connectivity index (χ4v) is 2.31. The Morgan fingerprint density at radius 2 is 2.38 bits per heavy atom. The number of likely N-dealkylation sites (tertiary alicyclic amines) is 1. The number of rotatable bonds is 2. The summed E-state index contributed by atoms with van der Waals surface area (Å²) >= 11 is 5.80. The minimum Gasteiger partial charge on any atom is -0.355 e. The number of nitrogens with zero attached hydrogens (tertiary/aromatic N) is 4. The largest absolute Gasteiger partial charge is 0.355 e.